The molecule has 0 saturated carbocycles. The molecule has 0 unspecified atom stereocenters. The van der Waals surface area contributed by atoms with E-state index in [9.17, 15) is 4.79 Å². The number of nitrogens with zero attached hydrogens (tertiary/aromatic N) is 3. The third-order valence-corrected chi connectivity index (χ3v) is 3.14. The van der Waals surface area contributed by atoms with Crippen LogP contribution in [-0.2, 0) is 0 Å². The summed E-state index contributed by atoms with van der Waals surface area (Å²) < 4.78 is 6.87. The smallest absolute Gasteiger partial charge is 0.409 e. The van der Waals surface area contributed by atoms with E-state index in [0.29, 0.717) is 11.1 Å². The van der Waals surface area contributed by atoms with Crippen LogP contribution in [-0.4, -0.2) is 15.9 Å². The third-order valence-electron chi connectivity index (χ3n) is 3.14. The summed E-state index contributed by atoms with van der Waals surface area (Å²) in [6.07, 6.45) is 2.59. The maximum atomic E-state index is 11.8. The van der Waals surface area contributed by atoms with Crippen LogP contribution in [0.2, 0.25) is 0 Å². The number of ether oxygens (including phenoxy) is 1. The molecule has 5 heteroatoms. The van der Waals surface area contributed by atoms with Crippen molar-refractivity contribution in [3.05, 3.63) is 84.0 Å². The molecule has 0 aliphatic rings. The summed E-state index contributed by atoms with van der Waals surface area (Å²) in [5, 5.41) is 4.68. The highest BCUT2D eigenvalue weighted by Gasteiger charge is 2.02. The van der Waals surface area contributed by atoms with Crippen molar-refractivity contribution in [1.82, 2.24) is 9.78 Å². The van der Waals surface area contributed by atoms with Gasteiger partial charge in [0, 0.05) is 6.20 Å². The van der Waals surface area contributed by atoms with Gasteiger partial charge in [0.25, 0.3) is 0 Å². The maximum absolute atomic E-state index is 11.8. The highest BCUT2D eigenvalue weighted by atomic mass is 16.5. The molecule has 0 saturated heterocycles. The van der Waals surface area contributed by atoms with Crippen molar-refractivity contribution in [2.75, 3.05) is 0 Å². The van der Waals surface area contributed by atoms with Gasteiger partial charge in [-0.2, -0.15) is 10.1 Å². The van der Waals surface area contributed by atoms with Gasteiger partial charge in [-0.25, -0.2) is 9.48 Å². The van der Waals surface area contributed by atoms with Gasteiger partial charge >= 0.3 is 6.09 Å². The van der Waals surface area contributed by atoms with E-state index in [1.165, 1.54) is 6.20 Å². The summed E-state index contributed by atoms with van der Waals surface area (Å²) in [5.74, 6) is 0.474. The van der Waals surface area contributed by atoms with Gasteiger partial charge in [-0.05, 0) is 42.8 Å². The van der Waals surface area contributed by atoms with Crippen molar-refractivity contribution >= 4 is 6.09 Å². The van der Waals surface area contributed by atoms with E-state index in [1.807, 2.05) is 49.4 Å². The van der Waals surface area contributed by atoms with Crippen LogP contribution in [0.25, 0.3) is 5.69 Å². The number of aryl methyl sites for hydroxylation is 1. The number of para-hydroxylation sites is 1. The molecular weight excluding hydrogens is 290 g/mol. The molecule has 23 heavy (non-hydrogen) atoms. The molecule has 5 nitrogen and oxygen atoms in total. The fourth-order valence-electron chi connectivity index (χ4n) is 2.06. The Morgan fingerprint density at radius 2 is 1.91 bits per heavy atom. The SMILES string of the molecule is Cc1cccc(OC(=O)/N=c2\ccn(-c3ccccc3)nc2)c1. The second kappa shape index (κ2) is 6.70. The topological polar surface area (TPSA) is 56.5 Å². The number of benzene rings is 2. The first kappa shape index (κ1) is 14.7. The molecule has 0 aliphatic heterocycles. The molecule has 0 aliphatic carbocycles. The number of carbonyl (C=O) groups excluding carboxylic acids is 1. The van der Waals surface area contributed by atoms with Gasteiger partial charge in [-0.15, -0.1) is 0 Å². The van der Waals surface area contributed by atoms with Crippen LogP contribution < -0.4 is 10.1 Å². The lowest BCUT2D eigenvalue weighted by molar-refractivity contribution is 0.210. The van der Waals surface area contributed by atoms with E-state index in [1.54, 1.807) is 29.1 Å². The predicted molar refractivity (Wildman–Crippen MR) is 86.3 cm³/mol. The standard InChI is InChI=1S/C18H15N3O2/c1-14-6-5-9-17(12-14)23-18(22)20-15-10-11-21(19-13-15)16-7-3-2-4-8-16/h2-13H,1H3/b20-15+. The van der Waals surface area contributed by atoms with E-state index in [0.717, 1.165) is 11.3 Å². The predicted octanol–water partition coefficient (Wildman–Crippen LogP) is 3.28. The monoisotopic (exact) mass is 305 g/mol. The normalized spacial score (nSPS) is 11.3. The van der Waals surface area contributed by atoms with Gasteiger partial charge in [-0.1, -0.05) is 30.3 Å². The van der Waals surface area contributed by atoms with E-state index >= 15 is 0 Å². The highest BCUT2D eigenvalue weighted by Crippen LogP contribution is 2.12. The van der Waals surface area contributed by atoms with Gasteiger partial charge in [0.2, 0.25) is 0 Å². The third kappa shape index (κ3) is 3.91. The Balaban J connectivity index is 1.76. The molecule has 2 aromatic carbocycles. The molecule has 3 aromatic rings. The first-order valence-electron chi connectivity index (χ1n) is 7.14. The minimum atomic E-state index is -0.671. The van der Waals surface area contributed by atoms with E-state index in [2.05, 4.69) is 10.1 Å². The largest absolute Gasteiger partial charge is 0.439 e. The van der Waals surface area contributed by atoms with Crippen molar-refractivity contribution in [3.8, 4) is 11.4 Å². The Hall–Kier alpha value is -3.21. The van der Waals surface area contributed by atoms with Crippen molar-refractivity contribution in [2.45, 2.75) is 6.92 Å². The second-order valence-corrected chi connectivity index (χ2v) is 4.96. The Bertz CT molecular complexity index is 866. The summed E-state index contributed by atoms with van der Waals surface area (Å²) in [7, 11) is 0. The van der Waals surface area contributed by atoms with Gasteiger partial charge < -0.3 is 4.74 Å². The molecule has 114 valence electrons. The zero-order valence-corrected chi connectivity index (χ0v) is 12.6. The lowest BCUT2D eigenvalue weighted by Gasteiger charge is -2.03. The average molecular weight is 305 g/mol. The minimum absolute atomic E-state index is 0.440. The summed E-state index contributed by atoms with van der Waals surface area (Å²) in [4.78, 5) is 15.7. The van der Waals surface area contributed by atoms with Gasteiger partial charge in [0.15, 0.2) is 0 Å². The van der Waals surface area contributed by atoms with Crippen LogP contribution in [0.1, 0.15) is 5.56 Å². The average Bonchev–Trinajstić information content (AvgIpc) is 2.56. The van der Waals surface area contributed by atoms with Crippen molar-refractivity contribution in [2.24, 2.45) is 4.99 Å². The number of aromatic nitrogens is 2. The second-order valence-electron chi connectivity index (χ2n) is 4.96. The fraction of sp³-hybridized carbons (Fsp3) is 0.0556. The molecule has 0 bridgehead atoms. The number of amides is 1. The summed E-state index contributed by atoms with van der Waals surface area (Å²) in [6.45, 7) is 1.93. The number of hydrogen-bond donors (Lipinski definition) is 0. The van der Waals surface area contributed by atoms with E-state index in [4.69, 9.17) is 4.74 Å². The van der Waals surface area contributed by atoms with Crippen molar-refractivity contribution in [1.29, 1.82) is 0 Å². The zero-order chi connectivity index (χ0) is 16.1. The highest BCUT2D eigenvalue weighted by molar-refractivity contribution is 5.71. The summed E-state index contributed by atoms with van der Waals surface area (Å²) in [6, 6.07) is 18.6. The lowest BCUT2D eigenvalue weighted by atomic mass is 10.2. The summed E-state index contributed by atoms with van der Waals surface area (Å²) in [5.41, 5.74) is 1.95. The molecule has 0 radical (unpaired) electrons. The van der Waals surface area contributed by atoms with Crippen LogP contribution in [0.5, 0.6) is 5.75 Å². The first-order chi connectivity index (χ1) is 11.2. The quantitative estimate of drug-likeness (QED) is 0.730. The Labute approximate surface area is 133 Å². The molecule has 0 fully saturated rings. The van der Waals surface area contributed by atoms with Gasteiger partial charge in [0.1, 0.15) is 5.75 Å². The Morgan fingerprint density at radius 1 is 1.09 bits per heavy atom. The van der Waals surface area contributed by atoms with Crippen LogP contribution in [0, 0.1) is 6.92 Å². The number of rotatable bonds is 2. The number of carbonyl (C=O) groups is 1. The molecule has 0 atom stereocenters. The van der Waals surface area contributed by atoms with Crippen LogP contribution in [0.4, 0.5) is 4.79 Å². The fourth-order valence-corrected chi connectivity index (χ4v) is 2.06. The molecule has 1 amide bonds. The van der Waals surface area contributed by atoms with E-state index < -0.39 is 6.09 Å². The molecule has 1 aromatic heterocycles. The van der Waals surface area contributed by atoms with Crippen LogP contribution >= 0.6 is 0 Å². The molecule has 1 heterocycles. The minimum Gasteiger partial charge on any atom is -0.409 e. The molecule has 3 rings (SSSR count). The summed E-state index contributed by atoms with van der Waals surface area (Å²) >= 11 is 0. The molecular formula is C18H15N3O2. The van der Waals surface area contributed by atoms with Crippen LogP contribution in [0.15, 0.2) is 78.0 Å². The zero-order valence-electron chi connectivity index (χ0n) is 12.6. The maximum Gasteiger partial charge on any atom is 0.439 e. The van der Waals surface area contributed by atoms with Gasteiger partial charge in [-0.3, -0.25) is 0 Å². The molecule has 0 spiro atoms. The van der Waals surface area contributed by atoms with E-state index in [-0.39, 0.29) is 0 Å². The van der Waals surface area contributed by atoms with Crippen LogP contribution in [0.3, 0.4) is 0 Å². The van der Waals surface area contributed by atoms with Gasteiger partial charge in [0.05, 0.1) is 17.2 Å². The first-order valence-corrected chi connectivity index (χ1v) is 7.14. The van der Waals surface area contributed by atoms with Crippen molar-refractivity contribution < 1.29 is 9.53 Å². The Morgan fingerprint density at radius 3 is 2.61 bits per heavy atom. The molecule has 0 N–H and O–H groups in total. The Kier molecular flexibility index (Phi) is 4.29. The number of hydrogen-bond acceptors (Lipinski definition) is 3. The lowest BCUT2D eigenvalue weighted by Crippen LogP contribution is -2.13. The van der Waals surface area contributed by atoms with Crippen molar-refractivity contribution in [3.63, 3.8) is 0 Å².